The van der Waals surface area contributed by atoms with Gasteiger partial charge in [0.25, 0.3) is 0 Å². The zero-order valence-corrected chi connectivity index (χ0v) is 11.7. The van der Waals surface area contributed by atoms with Crippen molar-refractivity contribution in [2.45, 2.75) is 25.0 Å². The number of anilines is 1. The Bertz CT molecular complexity index is 397. The van der Waals surface area contributed by atoms with Crippen LogP contribution in [0.1, 0.15) is 18.9 Å². The van der Waals surface area contributed by atoms with Crippen LogP contribution in [-0.2, 0) is 6.42 Å². The molecule has 1 aromatic rings. The quantitative estimate of drug-likeness (QED) is 0.910. The van der Waals surface area contributed by atoms with Gasteiger partial charge in [-0.3, -0.25) is 0 Å². The average Bonchev–Trinajstić information content (AvgIpc) is 2.39. The molecule has 2 N–H and O–H groups in total. The van der Waals surface area contributed by atoms with Crippen LogP contribution in [0.25, 0.3) is 0 Å². The van der Waals surface area contributed by atoms with E-state index in [1.165, 1.54) is 12.1 Å². The third-order valence-corrected chi connectivity index (χ3v) is 4.76. The summed E-state index contributed by atoms with van der Waals surface area (Å²) >= 11 is 2.04. The number of rotatable bonds is 4. The standard InChI is InChI=1S/C14H21FN2S/c1-2-13-10-17(7-8-18-13)14-4-3-12(15)9-11(14)5-6-16/h3-4,9,13H,2,5-8,10,16H2,1H3. The van der Waals surface area contributed by atoms with Crippen LogP contribution >= 0.6 is 11.8 Å². The van der Waals surface area contributed by atoms with Crippen LogP contribution in [-0.4, -0.2) is 30.6 Å². The molecule has 1 fully saturated rings. The van der Waals surface area contributed by atoms with Gasteiger partial charge in [-0.05, 0) is 43.1 Å². The van der Waals surface area contributed by atoms with Gasteiger partial charge < -0.3 is 10.6 Å². The lowest BCUT2D eigenvalue weighted by Gasteiger charge is -2.35. The van der Waals surface area contributed by atoms with E-state index in [9.17, 15) is 4.39 Å². The summed E-state index contributed by atoms with van der Waals surface area (Å²) in [6, 6.07) is 5.09. The van der Waals surface area contributed by atoms with Gasteiger partial charge in [0, 0.05) is 29.8 Å². The first-order chi connectivity index (χ1) is 8.74. The monoisotopic (exact) mass is 268 g/mol. The van der Waals surface area contributed by atoms with Gasteiger partial charge in [-0.2, -0.15) is 11.8 Å². The van der Waals surface area contributed by atoms with Crippen molar-refractivity contribution in [2.75, 3.05) is 30.3 Å². The molecule has 0 bridgehead atoms. The van der Waals surface area contributed by atoms with Crippen molar-refractivity contribution < 1.29 is 4.39 Å². The third kappa shape index (κ3) is 3.18. The van der Waals surface area contributed by atoms with Crippen molar-refractivity contribution in [1.29, 1.82) is 0 Å². The Morgan fingerprint density at radius 1 is 1.50 bits per heavy atom. The maximum Gasteiger partial charge on any atom is 0.123 e. The Kier molecular flexibility index (Phi) is 4.89. The van der Waals surface area contributed by atoms with E-state index in [4.69, 9.17) is 5.73 Å². The smallest absolute Gasteiger partial charge is 0.123 e. The fourth-order valence-electron chi connectivity index (χ4n) is 2.40. The van der Waals surface area contributed by atoms with Gasteiger partial charge in [0.1, 0.15) is 5.82 Å². The summed E-state index contributed by atoms with van der Waals surface area (Å²) in [5, 5.41) is 0.689. The normalized spacial score (nSPS) is 20.2. The molecule has 1 saturated heterocycles. The molecule has 4 heteroatoms. The van der Waals surface area contributed by atoms with E-state index in [-0.39, 0.29) is 5.82 Å². The highest BCUT2D eigenvalue weighted by Gasteiger charge is 2.20. The molecule has 1 aliphatic rings. The third-order valence-electron chi connectivity index (χ3n) is 3.39. The molecule has 1 atom stereocenters. The molecule has 1 heterocycles. The molecule has 1 unspecified atom stereocenters. The molecule has 0 saturated carbocycles. The summed E-state index contributed by atoms with van der Waals surface area (Å²) in [4.78, 5) is 2.38. The van der Waals surface area contributed by atoms with E-state index in [2.05, 4.69) is 11.8 Å². The van der Waals surface area contributed by atoms with Crippen LogP contribution in [0, 0.1) is 5.82 Å². The first-order valence-corrected chi connectivity index (χ1v) is 7.64. The average molecular weight is 268 g/mol. The molecule has 0 spiro atoms. The fourth-order valence-corrected chi connectivity index (χ4v) is 3.58. The summed E-state index contributed by atoms with van der Waals surface area (Å²) in [5.74, 6) is 0.985. The molecule has 0 radical (unpaired) electrons. The van der Waals surface area contributed by atoms with E-state index in [1.807, 2.05) is 17.8 Å². The molecule has 100 valence electrons. The SMILES string of the molecule is CCC1CN(c2ccc(F)cc2CCN)CCS1. The number of halogens is 1. The van der Waals surface area contributed by atoms with Crippen LogP contribution in [0.2, 0.25) is 0 Å². The fraction of sp³-hybridized carbons (Fsp3) is 0.571. The largest absolute Gasteiger partial charge is 0.369 e. The summed E-state index contributed by atoms with van der Waals surface area (Å²) in [6.07, 6.45) is 1.93. The first-order valence-electron chi connectivity index (χ1n) is 6.59. The van der Waals surface area contributed by atoms with Gasteiger partial charge in [0.2, 0.25) is 0 Å². The van der Waals surface area contributed by atoms with Crippen molar-refractivity contribution in [3.05, 3.63) is 29.6 Å². The number of benzene rings is 1. The van der Waals surface area contributed by atoms with E-state index < -0.39 is 0 Å². The molecular weight excluding hydrogens is 247 g/mol. The zero-order valence-electron chi connectivity index (χ0n) is 10.9. The minimum atomic E-state index is -0.166. The predicted molar refractivity (Wildman–Crippen MR) is 77.9 cm³/mol. The Hall–Kier alpha value is -0.740. The van der Waals surface area contributed by atoms with E-state index in [0.29, 0.717) is 11.8 Å². The van der Waals surface area contributed by atoms with Crippen molar-refractivity contribution >= 4 is 17.4 Å². The molecule has 0 aliphatic carbocycles. The van der Waals surface area contributed by atoms with E-state index in [0.717, 1.165) is 30.8 Å². The molecular formula is C14H21FN2S. The van der Waals surface area contributed by atoms with Crippen LogP contribution < -0.4 is 10.6 Å². The molecule has 18 heavy (non-hydrogen) atoms. The molecule has 2 rings (SSSR count). The van der Waals surface area contributed by atoms with Crippen LogP contribution in [0.3, 0.4) is 0 Å². The Balaban J connectivity index is 2.20. The Morgan fingerprint density at radius 2 is 2.33 bits per heavy atom. The van der Waals surface area contributed by atoms with Crippen molar-refractivity contribution in [2.24, 2.45) is 5.73 Å². The van der Waals surface area contributed by atoms with Gasteiger partial charge in [0.15, 0.2) is 0 Å². The highest BCUT2D eigenvalue weighted by molar-refractivity contribution is 8.00. The maximum absolute atomic E-state index is 13.3. The summed E-state index contributed by atoms with van der Waals surface area (Å²) in [5.41, 5.74) is 7.83. The number of hydrogen-bond acceptors (Lipinski definition) is 3. The Morgan fingerprint density at radius 3 is 3.06 bits per heavy atom. The van der Waals surface area contributed by atoms with Gasteiger partial charge in [-0.25, -0.2) is 4.39 Å². The number of hydrogen-bond donors (Lipinski definition) is 1. The van der Waals surface area contributed by atoms with Crippen LogP contribution in [0.4, 0.5) is 10.1 Å². The van der Waals surface area contributed by atoms with Gasteiger partial charge in [-0.1, -0.05) is 6.92 Å². The number of nitrogens with two attached hydrogens (primary N) is 1. The number of thioether (sulfide) groups is 1. The van der Waals surface area contributed by atoms with E-state index in [1.54, 1.807) is 12.1 Å². The zero-order chi connectivity index (χ0) is 13.0. The summed E-state index contributed by atoms with van der Waals surface area (Å²) in [6.45, 7) is 4.90. The van der Waals surface area contributed by atoms with Crippen molar-refractivity contribution in [3.8, 4) is 0 Å². The minimum Gasteiger partial charge on any atom is -0.369 e. The molecule has 1 aromatic carbocycles. The van der Waals surface area contributed by atoms with Gasteiger partial charge in [-0.15, -0.1) is 0 Å². The number of nitrogens with zero attached hydrogens (tertiary/aromatic N) is 1. The highest BCUT2D eigenvalue weighted by Crippen LogP contribution is 2.28. The Labute approximate surface area is 113 Å². The second-order valence-electron chi connectivity index (χ2n) is 4.66. The minimum absolute atomic E-state index is 0.166. The van der Waals surface area contributed by atoms with Gasteiger partial charge in [0.05, 0.1) is 0 Å². The lowest BCUT2D eigenvalue weighted by molar-refractivity contribution is 0.624. The second kappa shape index (κ2) is 6.43. The first kappa shape index (κ1) is 13.7. The van der Waals surface area contributed by atoms with Crippen LogP contribution in [0.5, 0.6) is 0 Å². The van der Waals surface area contributed by atoms with E-state index >= 15 is 0 Å². The molecule has 0 aromatic heterocycles. The lowest BCUT2D eigenvalue weighted by Crippen LogP contribution is -2.38. The van der Waals surface area contributed by atoms with Gasteiger partial charge >= 0.3 is 0 Å². The maximum atomic E-state index is 13.3. The molecule has 2 nitrogen and oxygen atoms in total. The van der Waals surface area contributed by atoms with Crippen molar-refractivity contribution in [1.82, 2.24) is 0 Å². The summed E-state index contributed by atoms with van der Waals surface area (Å²) in [7, 11) is 0. The molecule has 0 amide bonds. The highest BCUT2D eigenvalue weighted by atomic mass is 32.2. The van der Waals surface area contributed by atoms with Crippen LogP contribution in [0.15, 0.2) is 18.2 Å². The van der Waals surface area contributed by atoms with Crippen molar-refractivity contribution in [3.63, 3.8) is 0 Å². The summed E-state index contributed by atoms with van der Waals surface area (Å²) < 4.78 is 13.3. The topological polar surface area (TPSA) is 29.3 Å². The predicted octanol–water partition coefficient (Wildman–Crippen LogP) is 2.66. The molecule has 1 aliphatic heterocycles. The second-order valence-corrected chi connectivity index (χ2v) is 6.07. The lowest BCUT2D eigenvalue weighted by atomic mass is 10.1.